The van der Waals surface area contributed by atoms with E-state index in [0.717, 1.165) is 41.9 Å². The SMILES string of the molecule is CN=C(NCCCc1nc(C(C)C)no1)NCc1nc(C)c(C)s1. The molecule has 0 aliphatic rings. The van der Waals surface area contributed by atoms with Crippen LogP contribution in [0.5, 0.6) is 0 Å². The van der Waals surface area contributed by atoms with Crippen molar-refractivity contribution >= 4 is 17.3 Å². The van der Waals surface area contributed by atoms with Crippen molar-refractivity contribution in [3.63, 3.8) is 0 Å². The van der Waals surface area contributed by atoms with E-state index in [2.05, 4.69) is 51.5 Å². The van der Waals surface area contributed by atoms with Gasteiger partial charge in [-0.05, 0) is 20.3 Å². The largest absolute Gasteiger partial charge is 0.356 e. The minimum Gasteiger partial charge on any atom is -0.356 e. The first-order valence-corrected chi connectivity index (χ1v) is 9.01. The maximum Gasteiger partial charge on any atom is 0.226 e. The molecular weight excluding hydrogens is 324 g/mol. The number of nitrogens with one attached hydrogen (secondary N) is 2. The van der Waals surface area contributed by atoms with Crippen LogP contribution in [-0.4, -0.2) is 34.7 Å². The summed E-state index contributed by atoms with van der Waals surface area (Å²) in [5.41, 5.74) is 1.10. The molecule has 0 fully saturated rings. The number of thiazole rings is 1. The molecule has 0 saturated heterocycles. The Bertz CT molecular complexity index is 656. The molecule has 0 bridgehead atoms. The summed E-state index contributed by atoms with van der Waals surface area (Å²) < 4.78 is 5.24. The highest BCUT2D eigenvalue weighted by Gasteiger charge is 2.09. The normalized spacial score (nSPS) is 12.0. The fraction of sp³-hybridized carbons (Fsp3) is 0.625. The minimum atomic E-state index is 0.293. The summed E-state index contributed by atoms with van der Waals surface area (Å²) in [7, 11) is 1.76. The van der Waals surface area contributed by atoms with Crippen LogP contribution in [0.25, 0.3) is 0 Å². The molecule has 8 heteroatoms. The van der Waals surface area contributed by atoms with Gasteiger partial charge in [0.1, 0.15) is 5.01 Å². The monoisotopic (exact) mass is 350 g/mol. The van der Waals surface area contributed by atoms with Crippen LogP contribution in [0.15, 0.2) is 9.52 Å². The van der Waals surface area contributed by atoms with Crippen LogP contribution >= 0.6 is 11.3 Å². The molecule has 0 unspecified atom stereocenters. The Kier molecular flexibility index (Phi) is 6.72. The Morgan fingerprint density at radius 2 is 2.04 bits per heavy atom. The predicted molar refractivity (Wildman–Crippen MR) is 96.5 cm³/mol. The van der Waals surface area contributed by atoms with Crippen LogP contribution in [0.2, 0.25) is 0 Å². The summed E-state index contributed by atoms with van der Waals surface area (Å²) in [6.07, 6.45) is 1.66. The third-order valence-corrected chi connectivity index (χ3v) is 4.64. The second-order valence-corrected chi connectivity index (χ2v) is 7.19. The van der Waals surface area contributed by atoms with Gasteiger partial charge in [0.2, 0.25) is 5.89 Å². The van der Waals surface area contributed by atoms with Gasteiger partial charge >= 0.3 is 0 Å². The van der Waals surface area contributed by atoms with Crippen LogP contribution in [0, 0.1) is 13.8 Å². The van der Waals surface area contributed by atoms with Gasteiger partial charge in [-0.3, -0.25) is 4.99 Å². The van der Waals surface area contributed by atoms with Gasteiger partial charge in [0, 0.05) is 30.8 Å². The van der Waals surface area contributed by atoms with Crippen LogP contribution in [-0.2, 0) is 13.0 Å². The molecule has 0 aromatic carbocycles. The smallest absolute Gasteiger partial charge is 0.226 e. The molecule has 132 valence electrons. The average Bonchev–Trinajstić information content (AvgIpc) is 3.14. The Hall–Kier alpha value is -1.96. The third-order valence-electron chi connectivity index (χ3n) is 3.56. The number of nitrogens with zero attached hydrogens (tertiary/aromatic N) is 4. The number of aromatic nitrogens is 3. The molecule has 0 amide bonds. The van der Waals surface area contributed by atoms with Crippen molar-refractivity contribution < 1.29 is 4.52 Å². The van der Waals surface area contributed by atoms with E-state index in [1.807, 2.05) is 6.92 Å². The van der Waals surface area contributed by atoms with E-state index in [1.165, 1.54) is 4.88 Å². The average molecular weight is 350 g/mol. The number of rotatable bonds is 7. The Balaban J connectivity index is 1.69. The van der Waals surface area contributed by atoms with Gasteiger partial charge in [0.05, 0.1) is 12.2 Å². The number of guanidine groups is 1. The highest BCUT2D eigenvalue weighted by atomic mass is 32.1. The summed E-state index contributed by atoms with van der Waals surface area (Å²) in [4.78, 5) is 14.4. The van der Waals surface area contributed by atoms with E-state index in [4.69, 9.17) is 4.52 Å². The third kappa shape index (κ3) is 5.30. The quantitative estimate of drug-likeness (QED) is 0.453. The molecule has 2 heterocycles. The first-order valence-electron chi connectivity index (χ1n) is 8.19. The topological polar surface area (TPSA) is 88.2 Å². The number of hydrogen-bond donors (Lipinski definition) is 2. The summed E-state index contributed by atoms with van der Waals surface area (Å²) in [6, 6.07) is 0. The molecule has 2 N–H and O–H groups in total. The van der Waals surface area contributed by atoms with Crippen molar-refractivity contribution in [3.8, 4) is 0 Å². The fourth-order valence-corrected chi connectivity index (χ4v) is 2.92. The lowest BCUT2D eigenvalue weighted by molar-refractivity contribution is 0.368. The van der Waals surface area contributed by atoms with Crippen molar-refractivity contribution in [2.75, 3.05) is 13.6 Å². The van der Waals surface area contributed by atoms with Crippen LogP contribution in [0.1, 0.15) is 53.5 Å². The molecule has 0 atom stereocenters. The Labute approximate surface area is 147 Å². The van der Waals surface area contributed by atoms with Crippen molar-refractivity contribution in [2.24, 2.45) is 4.99 Å². The Morgan fingerprint density at radius 3 is 2.62 bits per heavy atom. The van der Waals surface area contributed by atoms with E-state index in [-0.39, 0.29) is 0 Å². The van der Waals surface area contributed by atoms with E-state index in [9.17, 15) is 0 Å². The molecule has 0 aliphatic heterocycles. The Morgan fingerprint density at radius 1 is 1.25 bits per heavy atom. The van der Waals surface area contributed by atoms with E-state index < -0.39 is 0 Å². The maximum atomic E-state index is 5.24. The highest BCUT2D eigenvalue weighted by molar-refractivity contribution is 7.11. The molecule has 0 saturated carbocycles. The zero-order valence-electron chi connectivity index (χ0n) is 15.0. The van der Waals surface area contributed by atoms with Gasteiger partial charge < -0.3 is 15.2 Å². The molecular formula is C16H26N6OS. The summed E-state index contributed by atoms with van der Waals surface area (Å²) in [5, 5.41) is 11.6. The van der Waals surface area contributed by atoms with Crippen LogP contribution in [0.3, 0.4) is 0 Å². The lowest BCUT2D eigenvalue weighted by Gasteiger charge is -2.10. The zero-order chi connectivity index (χ0) is 17.5. The summed E-state index contributed by atoms with van der Waals surface area (Å²) in [5.74, 6) is 2.53. The number of aliphatic imine (C=N–C) groups is 1. The molecule has 24 heavy (non-hydrogen) atoms. The summed E-state index contributed by atoms with van der Waals surface area (Å²) in [6.45, 7) is 9.69. The van der Waals surface area contributed by atoms with Gasteiger partial charge in [-0.2, -0.15) is 4.98 Å². The van der Waals surface area contributed by atoms with Crippen molar-refractivity contribution in [1.82, 2.24) is 25.8 Å². The van der Waals surface area contributed by atoms with Gasteiger partial charge in [-0.25, -0.2) is 4.98 Å². The maximum absolute atomic E-state index is 5.24. The number of hydrogen-bond acceptors (Lipinski definition) is 6. The lowest BCUT2D eigenvalue weighted by Crippen LogP contribution is -2.37. The predicted octanol–water partition coefficient (Wildman–Crippen LogP) is 2.56. The molecule has 0 radical (unpaired) electrons. The highest BCUT2D eigenvalue weighted by Crippen LogP contribution is 2.15. The molecule has 2 aromatic heterocycles. The van der Waals surface area contributed by atoms with Crippen LogP contribution in [0.4, 0.5) is 0 Å². The molecule has 2 aromatic rings. The van der Waals surface area contributed by atoms with Gasteiger partial charge in [-0.15, -0.1) is 11.3 Å². The van der Waals surface area contributed by atoms with Crippen molar-refractivity contribution in [3.05, 3.63) is 27.3 Å². The second kappa shape index (κ2) is 8.77. The van der Waals surface area contributed by atoms with Gasteiger partial charge in [0.25, 0.3) is 0 Å². The van der Waals surface area contributed by atoms with E-state index >= 15 is 0 Å². The molecule has 7 nitrogen and oxygen atoms in total. The van der Waals surface area contributed by atoms with Crippen LogP contribution < -0.4 is 10.6 Å². The number of aryl methyl sites for hydroxylation is 3. The van der Waals surface area contributed by atoms with Gasteiger partial charge in [0.15, 0.2) is 11.8 Å². The summed E-state index contributed by atoms with van der Waals surface area (Å²) >= 11 is 1.71. The van der Waals surface area contributed by atoms with E-state index in [1.54, 1.807) is 18.4 Å². The zero-order valence-corrected chi connectivity index (χ0v) is 15.8. The van der Waals surface area contributed by atoms with Crippen molar-refractivity contribution in [2.45, 2.75) is 53.0 Å². The molecule has 0 aliphatic carbocycles. The van der Waals surface area contributed by atoms with Gasteiger partial charge in [-0.1, -0.05) is 19.0 Å². The first kappa shape index (κ1) is 18.4. The lowest BCUT2D eigenvalue weighted by atomic mass is 10.2. The van der Waals surface area contributed by atoms with E-state index in [0.29, 0.717) is 18.4 Å². The molecule has 2 rings (SSSR count). The molecule has 0 spiro atoms. The first-order chi connectivity index (χ1) is 11.5. The second-order valence-electron chi connectivity index (χ2n) is 5.91. The van der Waals surface area contributed by atoms with Crippen molar-refractivity contribution in [1.29, 1.82) is 0 Å². The fourth-order valence-electron chi connectivity index (χ4n) is 2.05. The minimum absolute atomic E-state index is 0.293. The standard InChI is InChI=1S/C16H26N6OS/c1-10(2)15-21-13(23-22-15)7-6-8-18-16(17-5)19-9-14-20-11(3)12(4)24-14/h10H,6-9H2,1-5H3,(H2,17,18,19).